The minimum atomic E-state index is -0.267. The van der Waals surface area contributed by atoms with Gasteiger partial charge in [0.25, 0.3) is 0 Å². The van der Waals surface area contributed by atoms with Crippen LogP contribution in [0.4, 0.5) is 5.69 Å². The molecule has 0 aromatic heterocycles. The largest absolute Gasteiger partial charge is 0.495 e. The summed E-state index contributed by atoms with van der Waals surface area (Å²) >= 11 is 6.03. The number of benzene rings is 1. The molecule has 1 aliphatic heterocycles. The van der Waals surface area contributed by atoms with Crippen molar-refractivity contribution in [3.05, 3.63) is 23.2 Å². The number of nitrogens with zero attached hydrogens (tertiary/aromatic N) is 1. The first-order chi connectivity index (χ1) is 12.0. The number of likely N-dealkylation sites (tertiary alicyclic amines) is 1. The molecule has 6 nitrogen and oxygen atoms in total. The van der Waals surface area contributed by atoms with E-state index in [1.165, 1.54) is 12.0 Å². The number of amides is 3. The Kier molecular flexibility index (Phi) is 5.27. The smallest absolute Gasteiger partial charge is 0.233 e. The molecule has 1 aliphatic carbocycles. The second kappa shape index (κ2) is 7.44. The summed E-state index contributed by atoms with van der Waals surface area (Å²) < 4.78 is 5.06. The molecule has 2 aliphatic rings. The van der Waals surface area contributed by atoms with Gasteiger partial charge in [0, 0.05) is 18.7 Å². The minimum Gasteiger partial charge on any atom is -0.495 e. The van der Waals surface area contributed by atoms with E-state index in [2.05, 4.69) is 5.32 Å². The van der Waals surface area contributed by atoms with Gasteiger partial charge in [-0.2, -0.15) is 0 Å². The molecule has 3 rings (SSSR count). The van der Waals surface area contributed by atoms with E-state index in [4.69, 9.17) is 16.3 Å². The molecule has 25 heavy (non-hydrogen) atoms. The highest BCUT2D eigenvalue weighted by Gasteiger charge is 2.47. The van der Waals surface area contributed by atoms with Gasteiger partial charge in [0.1, 0.15) is 5.75 Å². The van der Waals surface area contributed by atoms with Crippen molar-refractivity contribution in [2.45, 2.75) is 32.1 Å². The van der Waals surface area contributed by atoms with Crippen LogP contribution in [0.5, 0.6) is 5.75 Å². The zero-order valence-corrected chi connectivity index (χ0v) is 14.8. The van der Waals surface area contributed by atoms with Gasteiger partial charge < -0.3 is 10.1 Å². The molecule has 0 bridgehead atoms. The number of anilines is 1. The zero-order valence-electron chi connectivity index (χ0n) is 14.1. The first-order valence-corrected chi connectivity index (χ1v) is 8.87. The fourth-order valence-electron chi connectivity index (χ4n) is 3.63. The molecule has 134 valence electrons. The van der Waals surface area contributed by atoms with E-state index >= 15 is 0 Å². The lowest BCUT2D eigenvalue weighted by Gasteiger charge is -2.19. The van der Waals surface area contributed by atoms with Crippen LogP contribution in [0, 0.1) is 11.8 Å². The highest BCUT2D eigenvalue weighted by Crippen LogP contribution is 2.38. The molecule has 1 heterocycles. The summed E-state index contributed by atoms with van der Waals surface area (Å²) in [6, 6.07) is 4.94. The fraction of sp³-hybridized carbons (Fsp3) is 0.500. The summed E-state index contributed by atoms with van der Waals surface area (Å²) in [5.41, 5.74) is 0.545. The predicted octanol–water partition coefficient (Wildman–Crippen LogP) is 2.85. The van der Waals surface area contributed by atoms with E-state index < -0.39 is 0 Å². The Morgan fingerprint density at radius 1 is 1.24 bits per heavy atom. The molecule has 3 amide bonds. The number of methoxy groups -OCH3 is 1. The van der Waals surface area contributed by atoms with Crippen LogP contribution in [0.15, 0.2) is 18.2 Å². The monoisotopic (exact) mass is 364 g/mol. The molecule has 1 N–H and O–H groups in total. The second-order valence-corrected chi connectivity index (χ2v) is 6.88. The second-order valence-electron chi connectivity index (χ2n) is 6.47. The molecule has 1 saturated heterocycles. The molecule has 2 fully saturated rings. The Hall–Kier alpha value is -2.08. The first-order valence-electron chi connectivity index (χ1n) is 8.50. The van der Waals surface area contributed by atoms with Gasteiger partial charge in [0.15, 0.2) is 0 Å². The highest BCUT2D eigenvalue weighted by atomic mass is 35.5. The number of halogens is 1. The normalized spacial score (nSPS) is 22.7. The van der Waals surface area contributed by atoms with Gasteiger partial charge in [0.2, 0.25) is 17.7 Å². The topological polar surface area (TPSA) is 75.7 Å². The number of imide groups is 1. The summed E-state index contributed by atoms with van der Waals surface area (Å²) in [5.74, 6) is -0.327. The van der Waals surface area contributed by atoms with Crippen molar-refractivity contribution in [3.63, 3.8) is 0 Å². The highest BCUT2D eigenvalue weighted by molar-refractivity contribution is 6.32. The minimum absolute atomic E-state index is 0.0700. The number of fused-ring (bicyclic) bond motifs is 1. The van der Waals surface area contributed by atoms with E-state index in [9.17, 15) is 14.4 Å². The molecular weight excluding hydrogens is 344 g/mol. The average Bonchev–Trinajstić information content (AvgIpc) is 2.85. The van der Waals surface area contributed by atoms with Crippen LogP contribution in [0.3, 0.4) is 0 Å². The van der Waals surface area contributed by atoms with Gasteiger partial charge in [-0.1, -0.05) is 24.4 Å². The number of carbonyl (C=O) groups excluding carboxylic acids is 3. The van der Waals surface area contributed by atoms with Gasteiger partial charge in [0.05, 0.1) is 24.0 Å². The lowest BCUT2D eigenvalue weighted by atomic mass is 9.81. The van der Waals surface area contributed by atoms with Crippen molar-refractivity contribution in [1.82, 2.24) is 4.90 Å². The van der Waals surface area contributed by atoms with Crippen LogP contribution in [-0.4, -0.2) is 36.3 Å². The molecule has 0 unspecified atom stereocenters. The summed E-state index contributed by atoms with van der Waals surface area (Å²) in [4.78, 5) is 38.1. The quantitative estimate of drug-likeness (QED) is 0.815. The summed E-state index contributed by atoms with van der Waals surface area (Å²) in [6.07, 6.45) is 3.62. The van der Waals surface area contributed by atoms with Crippen LogP contribution < -0.4 is 10.1 Å². The van der Waals surface area contributed by atoms with Crippen molar-refractivity contribution in [2.75, 3.05) is 19.0 Å². The number of nitrogens with one attached hydrogen (secondary N) is 1. The molecule has 7 heteroatoms. The van der Waals surface area contributed by atoms with Crippen LogP contribution in [0.1, 0.15) is 32.1 Å². The molecule has 1 saturated carbocycles. The number of hydrogen-bond donors (Lipinski definition) is 1. The number of hydrogen-bond acceptors (Lipinski definition) is 4. The average molecular weight is 365 g/mol. The van der Waals surface area contributed by atoms with Crippen LogP contribution in [0.2, 0.25) is 5.02 Å². The van der Waals surface area contributed by atoms with Crippen LogP contribution >= 0.6 is 11.6 Å². The third-order valence-electron chi connectivity index (χ3n) is 4.93. The SMILES string of the molecule is COc1ccc(NC(=O)CCN2C(=O)[C@@H]3CCCC[C@H]3C2=O)cc1Cl. The van der Waals surface area contributed by atoms with E-state index in [0.29, 0.717) is 16.5 Å². The Bertz CT molecular complexity index is 682. The van der Waals surface area contributed by atoms with E-state index in [-0.39, 0.29) is 42.5 Å². The maximum atomic E-state index is 12.4. The number of ether oxygens (including phenoxy) is 1. The zero-order chi connectivity index (χ0) is 18.0. The number of rotatable bonds is 5. The Labute approximate surface area is 151 Å². The summed E-state index contributed by atoms with van der Waals surface area (Å²) in [5, 5.41) is 3.12. The molecule has 1 aromatic rings. The third kappa shape index (κ3) is 3.63. The van der Waals surface area contributed by atoms with Crippen molar-refractivity contribution in [1.29, 1.82) is 0 Å². The maximum absolute atomic E-state index is 12.4. The third-order valence-corrected chi connectivity index (χ3v) is 5.23. The molecule has 2 atom stereocenters. The van der Waals surface area contributed by atoms with Gasteiger partial charge >= 0.3 is 0 Å². The van der Waals surface area contributed by atoms with Gasteiger partial charge in [-0.25, -0.2) is 0 Å². The molecule has 0 radical (unpaired) electrons. The van der Waals surface area contributed by atoms with E-state index in [0.717, 1.165) is 25.7 Å². The Balaban J connectivity index is 1.56. The van der Waals surface area contributed by atoms with Crippen LogP contribution in [-0.2, 0) is 14.4 Å². The van der Waals surface area contributed by atoms with Crippen molar-refractivity contribution < 1.29 is 19.1 Å². The van der Waals surface area contributed by atoms with Crippen molar-refractivity contribution in [3.8, 4) is 5.75 Å². The van der Waals surface area contributed by atoms with E-state index in [1.807, 2.05) is 0 Å². The van der Waals surface area contributed by atoms with Crippen LogP contribution in [0.25, 0.3) is 0 Å². The predicted molar refractivity (Wildman–Crippen MR) is 93.4 cm³/mol. The standard InChI is InChI=1S/C18H21ClN2O4/c1-25-15-7-6-11(10-14(15)19)20-16(22)8-9-21-17(23)12-4-2-3-5-13(12)18(21)24/h6-7,10,12-13H,2-5,8-9H2,1H3,(H,20,22)/t12-,13-/m1/s1. The molecule has 1 aromatic carbocycles. The summed E-state index contributed by atoms with van der Waals surface area (Å²) in [7, 11) is 1.52. The van der Waals surface area contributed by atoms with Crippen molar-refractivity contribution >= 4 is 35.0 Å². The Morgan fingerprint density at radius 3 is 2.44 bits per heavy atom. The van der Waals surface area contributed by atoms with Gasteiger partial charge in [-0.3, -0.25) is 19.3 Å². The Morgan fingerprint density at radius 2 is 1.88 bits per heavy atom. The molecule has 0 spiro atoms. The lowest BCUT2D eigenvalue weighted by Crippen LogP contribution is -2.34. The maximum Gasteiger partial charge on any atom is 0.233 e. The van der Waals surface area contributed by atoms with E-state index in [1.54, 1.807) is 18.2 Å². The fourth-order valence-corrected chi connectivity index (χ4v) is 3.89. The first kappa shape index (κ1) is 17.7. The summed E-state index contributed by atoms with van der Waals surface area (Å²) in [6.45, 7) is 0.125. The van der Waals surface area contributed by atoms with Gasteiger partial charge in [-0.15, -0.1) is 0 Å². The lowest BCUT2D eigenvalue weighted by molar-refractivity contribution is -0.140. The number of carbonyl (C=O) groups is 3. The molecular formula is C18H21ClN2O4. The van der Waals surface area contributed by atoms with Crippen molar-refractivity contribution in [2.24, 2.45) is 11.8 Å². The van der Waals surface area contributed by atoms with Gasteiger partial charge in [-0.05, 0) is 31.0 Å².